The second-order valence-corrected chi connectivity index (χ2v) is 6.45. The molecular formula is C21H29N5O2. The fraction of sp³-hybridized carbons (Fsp3) is 0.429. The average molecular weight is 383 g/mol. The molecule has 1 saturated heterocycles. The zero-order valence-electron chi connectivity index (χ0n) is 16.4. The molecule has 0 bridgehead atoms. The molecule has 28 heavy (non-hydrogen) atoms. The Kier molecular flexibility index (Phi) is 7.93. The molecule has 1 aromatic heterocycles. The highest BCUT2D eigenvalue weighted by molar-refractivity contribution is 5.79. The van der Waals surface area contributed by atoms with Gasteiger partial charge in [0.2, 0.25) is 0 Å². The van der Waals surface area contributed by atoms with Gasteiger partial charge >= 0.3 is 0 Å². The van der Waals surface area contributed by atoms with Gasteiger partial charge in [0.1, 0.15) is 11.6 Å². The van der Waals surface area contributed by atoms with Gasteiger partial charge in [-0.05, 0) is 24.6 Å². The molecule has 150 valence electrons. The molecule has 7 heteroatoms. The quantitative estimate of drug-likeness (QED) is 0.413. The summed E-state index contributed by atoms with van der Waals surface area (Å²) in [4.78, 5) is 11.2. The minimum atomic E-state index is 0.664. The highest BCUT2D eigenvalue weighted by atomic mass is 16.5. The van der Waals surface area contributed by atoms with Crippen molar-refractivity contribution in [1.29, 1.82) is 0 Å². The molecule has 1 aliphatic heterocycles. The Labute approximate surface area is 166 Å². The predicted molar refractivity (Wildman–Crippen MR) is 112 cm³/mol. The number of hydrogen-bond acceptors (Lipinski definition) is 5. The van der Waals surface area contributed by atoms with Gasteiger partial charge in [0, 0.05) is 45.0 Å². The van der Waals surface area contributed by atoms with E-state index in [1.54, 1.807) is 7.05 Å². The van der Waals surface area contributed by atoms with Crippen molar-refractivity contribution in [2.45, 2.75) is 13.0 Å². The van der Waals surface area contributed by atoms with Gasteiger partial charge in [-0.15, -0.1) is 0 Å². The Hall–Kier alpha value is -2.80. The van der Waals surface area contributed by atoms with E-state index in [1.807, 2.05) is 42.6 Å². The van der Waals surface area contributed by atoms with Crippen molar-refractivity contribution < 1.29 is 9.47 Å². The van der Waals surface area contributed by atoms with Crippen LogP contribution in [0.25, 0.3) is 0 Å². The number of rotatable bonds is 8. The molecular weight excluding hydrogens is 354 g/mol. The van der Waals surface area contributed by atoms with E-state index in [4.69, 9.17) is 9.47 Å². The summed E-state index contributed by atoms with van der Waals surface area (Å²) in [6.07, 6.45) is 2.73. The van der Waals surface area contributed by atoms with Gasteiger partial charge in [0.25, 0.3) is 0 Å². The summed E-state index contributed by atoms with van der Waals surface area (Å²) in [7, 11) is 1.78. The standard InChI is InChI=1S/C21H29N5O2/c1-22-21(24-11-6-14-28-19-8-3-2-4-9-19)25-17-18-7-5-10-23-20(18)26-12-15-27-16-13-26/h2-5,7-10H,6,11-17H2,1H3,(H2,22,24,25). The summed E-state index contributed by atoms with van der Waals surface area (Å²) >= 11 is 0. The first-order valence-corrected chi connectivity index (χ1v) is 9.76. The second-order valence-electron chi connectivity index (χ2n) is 6.45. The number of aliphatic imine (C=N–C) groups is 1. The van der Waals surface area contributed by atoms with Crippen molar-refractivity contribution in [3.05, 3.63) is 54.2 Å². The second kappa shape index (κ2) is 11.1. The van der Waals surface area contributed by atoms with E-state index in [9.17, 15) is 0 Å². The fourth-order valence-electron chi connectivity index (χ4n) is 3.01. The Morgan fingerprint density at radius 2 is 1.96 bits per heavy atom. The van der Waals surface area contributed by atoms with Crippen molar-refractivity contribution in [2.75, 3.05) is 51.4 Å². The van der Waals surface area contributed by atoms with Crippen LogP contribution in [-0.4, -0.2) is 57.4 Å². The highest BCUT2D eigenvalue weighted by Crippen LogP contribution is 2.18. The first-order valence-electron chi connectivity index (χ1n) is 9.76. The van der Waals surface area contributed by atoms with Gasteiger partial charge in [-0.1, -0.05) is 24.3 Å². The molecule has 2 heterocycles. The van der Waals surface area contributed by atoms with Crippen LogP contribution in [0.5, 0.6) is 5.75 Å². The van der Waals surface area contributed by atoms with Crippen molar-refractivity contribution >= 4 is 11.8 Å². The summed E-state index contributed by atoms with van der Waals surface area (Å²) < 4.78 is 11.2. The number of nitrogens with one attached hydrogen (secondary N) is 2. The van der Waals surface area contributed by atoms with Crippen molar-refractivity contribution in [3.63, 3.8) is 0 Å². The topological polar surface area (TPSA) is 71.0 Å². The van der Waals surface area contributed by atoms with Crippen LogP contribution in [0, 0.1) is 0 Å². The number of guanidine groups is 1. The zero-order chi connectivity index (χ0) is 19.4. The van der Waals surface area contributed by atoms with Crippen LogP contribution in [-0.2, 0) is 11.3 Å². The van der Waals surface area contributed by atoms with Crippen LogP contribution in [0.2, 0.25) is 0 Å². The smallest absolute Gasteiger partial charge is 0.191 e. The molecule has 0 aliphatic carbocycles. The maximum atomic E-state index is 5.71. The fourth-order valence-corrected chi connectivity index (χ4v) is 3.01. The molecule has 0 atom stereocenters. The van der Waals surface area contributed by atoms with E-state index >= 15 is 0 Å². The SMILES string of the molecule is CN=C(NCCCOc1ccccc1)NCc1cccnc1N1CCOCC1. The average Bonchev–Trinajstić information content (AvgIpc) is 2.77. The predicted octanol–water partition coefficient (Wildman–Crippen LogP) is 2.05. The number of pyridine rings is 1. The number of hydrogen-bond donors (Lipinski definition) is 2. The van der Waals surface area contributed by atoms with Crippen LogP contribution in [0.1, 0.15) is 12.0 Å². The minimum absolute atomic E-state index is 0.664. The van der Waals surface area contributed by atoms with Crippen molar-refractivity contribution in [1.82, 2.24) is 15.6 Å². The van der Waals surface area contributed by atoms with Crippen LogP contribution in [0.15, 0.2) is 53.7 Å². The molecule has 1 fully saturated rings. The van der Waals surface area contributed by atoms with Gasteiger partial charge in [-0.2, -0.15) is 0 Å². The molecule has 2 N–H and O–H groups in total. The zero-order valence-corrected chi connectivity index (χ0v) is 16.4. The minimum Gasteiger partial charge on any atom is -0.494 e. The molecule has 0 spiro atoms. The van der Waals surface area contributed by atoms with Gasteiger partial charge in [0.05, 0.1) is 19.8 Å². The summed E-state index contributed by atoms with van der Waals surface area (Å²) in [6.45, 7) is 5.36. The van der Waals surface area contributed by atoms with E-state index in [-0.39, 0.29) is 0 Å². The van der Waals surface area contributed by atoms with Crippen molar-refractivity contribution in [3.8, 4) is 5.75 Å². The highest BCUT2D eigenvalue weighted by Gasteiger charge is 2.15. The molecule has 3 rings (SSSR count). The number of aromatic nitrogens is 1. The molecule has 0 radical (unpaired) electrons. The molecule has 0 unspecified atom stereocenters. The summed E-state index contributed by atoms with van der Waals surface area (Å²) in [5.41, 5.74) is 1.15. The number of morpholine rings is 1. The number of benzene rings is 1. The molecule has 2 aromatic rings. The van der Waals surface area contributed by atoms with Crippen molar-refractivity contribution in [2.24, 2.45) is 4.99 Å². The number of nitrogens with zero attached hydrogens (tertiary/aromatic N) is 3. The third-order valence-corrected chi connectivity index (χ3v) is 4.47. The third kappa shape index (κ3) is 6.13. The van der Waals surface area contributed by atoms with Crippen LogP contribution >= 0.6 is 0 Å². The lowest BCUT2D eigenvalue weighted by molar-refractivity contribution is 0.122. The first kappa shape index (κ1) is 19.9. The lowest BCUT2D eigenvalue weighted by Crippen LogP contribution is -2.39. The van der Waals surface area contributed by atoms with E-state index in [1.165, 1.54) is 0 Å². The summed E-state index contributed by atoms with van der Waals surface area (Å²) in [5.74, 6) is 2.69. The largest absolute Gasteiger partial charge is 0.494 e. The van der Waals surface area contributed by atoms with E-state index < -0.39 is 0 Å². The van der Waals surface area contributed by atoms with Crippen LogP contribution < -0.4 is 20.3 Å². The third-order valence-electron chi connectivity index (χ3n) is 4.47. The summed E-state index contributed by atoms with van der Waals surface area (Å²) in [5, 5.41) is 6.70. The maximum Gasteiger partial charge on any atom is 0.191 e. The monoisotopic (exact) mass is 383 g/mol. The first-order chi connectivity index (χ1) is 13.9. The van der Waals surface area contributed by atoms with Gasteiger partial charge in [-0.3, -0.25) is 4.99 Å². The normalized spacial score (nSPS) is 14.6. The Morgan fingerprint density at radius 3 is 2.75 bits per heavy atom. The lowest BCUT2D eigenvalue weighted by atomic mass is 10.2. The van der Waals surface area contributed by atoms with Gasteiger partial charge in [-0.25, -0.2) is 4.98 Å². The Morgan fingerprint density at radius 1 is 1.14 bits per heavy atom. The van der Waals surface area contributed by atoms with E-state index in [0.717, 1.165) is 62.4 Å². The summed E-state index contributed by atoms with van der Waals surface area (Å²) in [6, 6.07) is 13.9. The van der Waals surface area contributed by atoms with Gasteiger partial charge < -0.3 is 25.0 Å². The van der Waals surface area contributed by atoms with Gasteiger partial charge in [0.15, 0.2) is 5.96 Å². The van der Waals surface area contributed by atoms with Crippen LogP contribution in [0.3, 0.4) is 0 Å². The molecule has 1 aliphatic rings. The lowest BCUT2D eigenvalue weighted by Gasteiger charge is -2.29. The number of para-hydroxylation sites is 1. The van der Waals surface area contributed by atoms with E-state index in [0.29, 0.717) is 13.2 Å². The molecule has 0 saturated carbocycles. The number of ether oxygens (including phenoxy) is 2. The van der Waals surface area contributed by atoms with Crippen LogP contribution in [0.4, 0.5) is 5.82 Å². The molecule has 1 aromatic carbocycles. The maximum absolute atomic E-state index is 5.71. The van der Waals surface area contributed by atoms with E-state index in [2.05, 4.69) is 31.6 Å². The molecule has 0 amide bonds. The molecule has 7 nitrogen and oxygen atoms in total. The Balaban J connectivity index is 1.42. The number of anilines is 1. The Bertz CT molecular complexity index is 733.